The molecule has 0 unspecified atom stereocenters. The molecule has 0 radical (unpaired) electrons. The molecule has 0 fully saturated rings. The molecular weight excluding hydrogens is 514 g/mol. The number of aromatic nitrogens is 3. The Balaban J connectivity index is 1.52. The zero-order chi connectivity index (χ0) is 26.4. The van der Waals surface area contributed by atoms with Gasteiger partial charge in [0.15, 0.2) is 5.69 Å². The minimum absolute atomic E-state index is 0.174. The molecule has 0 bridgehead atoms. The molecule has 0 spiro atoms. The highest BCUT2D eigenvalue weighted by Gasteiger charge is 2.16. The first-order valence-corrected chi connectivity index (χ1v) is 13.4. The molecule has 6 nitrogen and oxygen atoms in total. The number of hydrogen-bond acceptors (Lipinski definition) is 4. The smallest absolute Gasteiger partial charge is 0.283 e. The second-order valence-electron chi connectivity index (χ2n) is 9.06. The minimum atomic E-state index is -0.174. The summed E-state index contributed by atoms with van der Waals surface area (Å²) in [6, 6.07) is 25.7. The number of hydrogen-bond donors (Lipinski definition) is 0. The van der Waals surface area contributed by atoms with Crippen LogP contribution in [0.25, 0.3) is 27.2 Å². The second kappa shape index (κ2) is 9.59. The molecule has 0 atom stereocenters. The van der Waals surface area contributed by atoms with Crippen LogP contribution in [-0.2, 0) is 7.05 Å². The van der Waals surface area contributed by atoms with Crippen LogP contribution in [-0.4, -0.2) is 20.3 Å². The summed E-state index contributed by atoms with van der Waals surface area (Å²) in [5.74, 6) is 0. The second-order valence-corrected chi connectivity index (χ2v) is 10.3. The maximum atomic E-state index is 13.4. The maximum absolute atomic E-state index is 13.4. The van der Waals surface area contributed by atoms with E-state index < -0.39 is 0 Å². The molecule has 0 aliphatic rings. The van der Waals surface area contributed by atoms with Crippen LogP contribution in [0.2, 0.25) is 5.02 Å². The van der Waals surface area contributed by atoms with Crippen molar-refractivity contribution in [1.82, 2.24) is 14.0 Å². The van der Waals surface area contributed by atoms with Crippen LogP contribution in [0.1, 0.15) is 17.0 Å². The van der Waals surface area contributed by atoms with Gasteiger partial charge in [0.1, 0.15) is 0 Å². The highest BCUT2D eigenvalue weighted by atomic mass is 35.5. The lowest BCUT2D eigenvalue weighted by Crippen LogP contribution is -2.19. The van der Waals surface area contributed by atoms with Crippen molar-refractivity contribution in [2.75, 3.05) is 0 Å². The summed E-state index contributed by atoms with van der Waals surface area (Å²) in [6.45, 7) is 3.88. The Morgan fingerprint density at radius 2 is 1.42 bits per heavy atom. The number of benzene rings is 4. The monoisotopic (exact) mass is 537 g/mol. The van der Waals surface area contributed by atoms with Gasteiger partial charge in [-0.1, -0.05) is 78.3 Å². The van der Waals surface area contributed by atoms with Gasteiger partial charge in [0, 0.05) is 28.8 Å². The molecule has 8 heteroatoms. The van der Waals surface area contributed by atoms with E-state index in [1.165, 1.54) is 11.3 Å². The number of para-hydroxylation sites is 1. The van der Waals surface area contributed by atoms with E-state index in [9.17, 15) is 4.79 Å². The predicted octanol–water partition coefficient (Wildman–Crippen LogP) is 6.73. The van der Waals surface area contributed by atoms with Crippen molar-refractivity contribution in [2.45, 2.75) is 13.8 Å². The molecule has 6 rings (SSSR count). The zero-order valence-electron chi connectivity index (χ0n) is 21.1. The average molecular weight is 538 g/mol. The molecule has 0 aliphatic heterocycles. The van der Waals surface area contributed by atoms with Gasteiger partial charge in [-0.3, -0.25) is 9.48 Å². The number of halogens is 1. The van der Waals surface area contributed by atoms with Gasteiger partial charge in [-0.25, -0.2) is 14.4 Å². The quantitative estimate of drug-likeness (QED) is 0.182. The third kappa shape index (κ3) is 3.91. The van der Waals surface area contributed by atoms with E-state index in [2.05, 4.69) is 12.1 Å². The summed E-state index contributed by atoms with van der Waals surface area (Å²) >= 11 is 8.23. The van der Waals surface area contributed by atoms with Gasteiger partial charge in [-0.2, -0.15) is 5.10 Å². The summed E-state index contributed by atoms with van der Waals surface area (Å²) in [5, 5.41) is 11.6. The number of rotatable bonds is 4. The van der Waals surface area contributed by atoms with Gasteiger partial charge in [0.2, 0.25) is 4.80 Å². The average Bonchev–Trinajstić information content (AvgIpc) is 3.40. The largest absolute Gasteiger partial charge is 0.297 e. The Morgan fingerprint density at radius 3 is 2.05 bits per heavy atom. The molecule has 0 N–H and O–H groups in total. The van der Waals surface area contributed by atoms with Gasteiger partial charge in [0.25, 0.3) is 5.56 Å². The van der Waals surface area contributed by atoms with E-state index in [1.54, 1.807) is 9.36 Å². The molecule has 0 amide bonds. The highest BCUT2D eigenvalue weighted by molar-refractivity contribution is 7.07. The number of aryl methyl sites for hydroxylation is 1. The lowest BCUT2D eigenvalue weighted by atomic mass is 9.97. The normalized spacial score (nSPS) is 12.4. The third-order valence-electron chi connectivity index (χ3n) is 6.79. The van der Waals surface area contributed by atoms with E-state index in [-0.39, 0.29) is 5.56 Å². The first kappa shape index (κ1) is 24.2. The van der Waals surface area contributed by atoms with E-state index in [1.807, 2.05) is 104 Å². The van der Waals surface area contributed by atoms with Crippen LogP contribution in [0.15, 0.2) is 99.1 Å². The summed E-state index contributed by atoms with van der Waals surface area (Å²) in [4.78, 5) is 18.9. The third-order valence-corrected chi connectivity index (χ3v) is 8.13. The van der Waals surface area contributed by atoms with E-state index >= 15 is 0 Å². The number of fused-ring (bicyclic) bond motifs is 2. The minimum Gasteiger partial charge on any atom is -0.283 e. The maximum Gasteiger partial charge on any atom is 0.297 e. The first-order valence-electron chi connectivity index (χ1n) is 12.1. The lowest BCUT2D eigenvalue weighted by Gasteiger charge is -2.10. The van der Waals surface area contributed by atoms with Crippen LogP contribution in [0.3, 0.4) is 0 Å². The van der Waals surface area contributed by atoms with Crippen molar-refractivity contribution in [3.63, 3.8) is 0 Å². The fourth-order valence-electron chi connectivity index (χ4n) is 4.74. The molecule has 38 heavy (non-hydrogen) atoms. The van der Waals surface area contributed by atoms with E-state index in [0.717, 1.165) is 49.2 Å². The summed E-state index contributed by atoms with van der Waals surface area (Å²) in [6.07, 6.45) is 1.86. The van der Waals surface area contributed by atoms with Crippen LogP contribution < -0.4 is 10.4 Å². The molecule has 0 saturated heterocycles. The van der Waals surface area contributed by atoms with Crippen molar-refractivity contribution in [1.29, 1.82) is 0 Å². The predicted molar refractivity (Wildman–Crippen MR) is 157 cm³/mol. The van der Waals surface area contributed by atoms with Crippen LogP contribution in [0, 0.1) is 13.8 Å². The molecule has 2 aromatic heterocycles. The standard InChI is InChI=1S/C30H24ClN5OS/c1-19-18-38-30(33-28-20(2)34(3)36(29(28)37)21-11-5-4-6-12-21)35(19)32-17-26-22-13-7-9-15-24(22)27(31)25-16-10-8-14-23(25)26/h4-18H,1-3H3. The first-order chi connectivity index (χ1) is 18.5. The van der Waals surface area contributed by atoms with E-state index in [0.29, 0.717) is 10.5 Å². The van der Waals surface area contributed by atoms with Crippen LogP contribution in [0.5, 0.6) is 0 Å². The molecule has 2 heterocycles. The van der Waals surface area contributed by atoms with Crippen molar-refractivity contribution in [2.24, 2.45) is 17.1 Å². The molecule has 6 aromatic rings. The molecule has 0 saturated carbocycles. The number of thiazole rings is 1. The fraction of sp³-hybridized carbons (Fsp3) is 0.100. The Morgan fingerprint density at radius 1 is 0.842 bits per heavy atom. The zero-order valence-corrected chi connectivity index (χ0v) is 22.7. The van der Waals surface area contributed by atoms with Gasteiger partial charge >= 0.3 is 0 Å². The van der Waals surface area contributed by atoms with Crippen molar-refractivity contribution in [3.05, 3.63) is 121 Å². The number of nitrogens with zero attached hydrogens (tertiary/aromatic N) is 5. The van der Waals surface area contributed by atoms with Crippen LogP contribution in [0.4, 0.5) is 5.69 Å². The van der Waals surface area contributed by atoms with E-state index in [4.69, 9.17) is 21.7 Å². The Hall–Kier alpha value is -4.20. The van der Waals surface area contributed by atoms with Crippen molar-refractivity contribution >= 4 is 56.4 Å². The topological polar surface area (TPSA) is 56.6 Å². The Labute approximate surface area is 228 Å². The molecular formula is C30H24ClN5OS. The molecule has 0 aliphatic carbocycles. The summed E-state index contributed by atoms with van der Waals surface area (Å²) in [5.41, 5.74) is 3.68. The van der Waals surface area contributed by atoms with Gasteiger partial charge in [-0.15, -0.1) is 11.3 Å². The van der Waals surface area contributed by atoms with Gasteiger partial charge in [0.05, 0.1) is 28.3 Å². The van der Waals surface area contributed by atoms with Gasteiger partial charge < -0.3 is 0 Å². The fourth-order valence-corrected chi connectivity index (χ4v) is 5.89. The van der Waals surface area contributed by atoms with Gasteiger partial charge in [-0.05, 0) is 36.8 Å². The van der Waals surface area contributed by atoms with Crippen molar-refractivity contribution in [3.8, 4) is 5.69 Å². The van der Waals surface area contributed by atoms with Crippen molar-refractivity contribution < 1.29 is 0 Å². The lowest BCUT2D eigenvalue weighted by molar-refractivity contribution is 0.630. The molecule has 188 valence electrons. The Kier molecular flexibility index (Phi) is 6.10. The Bertz CT molecular complexity index is 1940. The molecule has 4 aromatic carbocycles. The SMILES string of the molecule is Cc1csc(=Nc2c(C)n(C)n(-c3ccccc3)c2=O)n1N=Cc1c2ccccc2c(Cl)c2ccccc12. The summed E-state index contributed by atoms with van der Waals surface area (Å²) in [7, 11) is 1.87. The highest BCUT2D eigenvalue weighted by Crippen LogP contribution is 2.35. The summed E-state index contributed by atoms with van der Waals surface area (Å²) < 4.78 is 5.24. The van der Waals surface area contributed by atoms with Crippen LogP contribution >= 0.6 is 22.9 Å².